The molecular formula is C43H35N3. The van der Waals surface area contributed by atoms with Crippen molar-refractivity contribution >= 4 is 10.8 Å². The summed E-state index contributed by atoms with van der Waals surface area (Å²) < 4.78 is 0. The van der Waals surface area contributed by atoms with Gasteiger partial charge in [-0.2, -0.15) is 0 Å². The summed E-state index contributed by atoms with van der Waals surface area (Å²) in [6, 6.07) is 49.2. The van der Waals surface area contributed by atoms with Crippen molar-refractivity contribution in [2.24, 2.45) is 0 Å². The fourth-order valence-electron chi connectivity index (χ4n) is 7.26. The van der Waals surface area contributed by atoms with E-state index in [0.29, 0.717) is 17.5 Å². The monoisotopic (exact) mass is 593 g/mol. The second kappa shape index (κ2) is 10.6. The summed E-state index contributed by atoms with van der Waals surface area (Å²) in [7, 11) is 0. The van der Waals surface area contributed by atoms with Crippen molar-refractivity contribution in [3.05, 3.63) is 151 Å². The van der Waals surface area contributed by atoms with E-state index in [4.69, 9.17) is 15.0 Å². The molecule has 7 aromatic rings. The third kappa shape index (κ3) is 4.30. The van der Waals surface area contributed by atoms with Crippen LogP contribution in [0.5, 0.6) is 0 Å². The topological polar surface area (TPSA) is 38.7 Å². The van der Waals surface area contributed by atoms with Crippen molar-refractivity contribution in [3.8, 4) is 56.4 Å². The lowest BCUT2D eigenvalue weighted by atomic mass is 9.54. The van der Waals surface area contributed by atoms with Crippen LogP contribution in [0.4, 0.5) is 0 Å². The van der Waals surface area contributed by atoms with Crippen molar-refractivity contribution in [2.45, 2.75) is 38.5 Å². The Hall–Kier alpha value is -5.41. The van der Waals surface area contributed by atoms with Crippen LogP contribution in [0.2, 0.25) is 0 Å². The first-order valence-corrected chi connectivity index (χ1v) is 16.0. The Bertz CT molecular complexity index is 2190. The van der Waals surface area contributed by atoms with Crippen molar-refractivity contribution in [2.75, 3.05) is 0 Å². The Balaban J connectivity index is 1.37. The molecule has 0 radical (unpaired) electrons. The summed E-state index contributed by atoms with van der Waals surface area (Å²) in [5.74, 6) is 2.00. The number of benzene rings is 6. The van der Waals surface area contributed by atoms with Gasteiger partial charge in [-0.05, 0) is 49.6 Å². The SMILES string of the molecule is CC1(C)c2ccccc2-c2cccc(-c3cccc4c(-c5nc(-c6ccccc6)nc(-c6ccccc6)n5)cccc34)c2C1(C)C. The maximum Gasteiger partial charge on any atom is 0.164 e. The van der Waals surface area contributed by atoms with E-state index in [2.05, 4.69) is 131 Å². The number of hydrogen-bond acceptors (Lipinski definition) is 3. The summed E-state index contributed by atoms with van der Waals surface area (Å²) in [5, 5.41) is 2.30. The van der Waals surface area contributed by atoms with E-state index in [1.165, 1.54) is 38.8 Å². The zero-order valence-electron chi connectivity index (χ0n) is 26.6. The summed E-state index contributed by atoms with van der Waals surface area (Å²) >= 11 is 0. The van der Waals surface area contributed by atoms with Crippen LogP contribution in [0.3, 0.4) is 0 Å². The largest absolute Gasteiger partial charge is 0.208 e. The van der Waals surface area contributed by atoms with Crippen molar-refractivity contribution in [1.82, 2.24) is 15.0 Å². The van der Waals surface area contributed by atoms with Crippen LogP contribution in [0.25, 0.3) is 67.2 Å². The fraction of sp³-hybridized carbons (Fsp3) is 0.140. The molecule has 3 nitrogen and oxygen atoms in total. The molecule has 0 aliphatic heterocycles. The molecule has 0 spiro atoms. The third-order valence-electron chi connectivity index (χ3n) is 10.3. The van der Waals surface area contributed by atoms with E-state index in [1.54, 1.807) is 0 Å². The van der Waals surface area contributed by atoms with Gasteiger partial charge in [-0.3, -0.25) is 0 Å². The third-order valence-corrected chi connectivity index (χ3v) is 10.3. The molecule has 46 heavy (non-hydrogen) atoms. The highest BCUT2D eigenvalue weighted by Crippen LogP contribution is 2.56. The molecule has 0 saturated carbocycles. The van der Waals surface area contributed by atoms with Crippen molar-refractivity contribution in [3.63, 3.8) is 0 Å². The van der Waals surface area contributed by atoms with Gasteiger partial charge in [-0.25, -0.2) is 15.0 Å². The lowest BCUT2D eigenvalue weighted by Gasteiger charge is -2.49. The van der Waals surface area contributed by atoms with E-state index < -0.39 is 0 Å². The Morgan fingerprint density at radius 1 is 0.348 bits per heavy atom. The molecule has 1 aliphatic carbocycles. The normalized spacial score (nSPS) is 14.4. The van der Waals surface area contributed by atoms with Crippen LogP contribution in [-0.2, 0) is 10.8 Å². The summed E-state index contributed by atoms with van der Waals surface area (Å²) in [6.45, 7) is 9.59. The highest BCUT2D eigenvalue weighted by Gasteiger charge is 2.46. The standard InChI is InChI=1S/C43H35N3/c1-42(2)37-27-12-11-20-33(37)35-25-15-24-34(38(35)43(42,3)4)31-22-13-23-32-30(31)21-14-26-36(32)41-45-39(28-16-7-5-8-17-28)44-40(46-41)29-18-9-6-10-19-29/h5-27H,1-4H3. The average Bonchev–Trinajstić information content (AvgIpc) is 3.11. The highest BCUT2D eigenvalue weighted by molar-refractivity contribution is 6.05. The zero-order chi connectivity index (χ0) is 31.5. The molecular weight excluding hydrogens is 558 g/mol. The highest BCUT2D eigenvalue weighted by atomic mass is 15.0. The summed E-state index contributed by atoms with van der Waals surface area (Å²) in [6.07, 6.45) is 0. The molecule has 0 saturated heterocycles. The van der Waals surface area contributed by atoms with Crippen LogP contribution in [0.15, 0.2) is 140 Å². The van der Waals surface area contributed by atoms with Crippen molar-refractivity contribution < 1.29 is 0 Å². The van der Waals surface area contributed by atoms with Gasteiger partial charge in [0.25, 0.3) is 0 Å². The van der Waals surface area contributed by atoms with E-state index in [0.717, 1.165) is 22.1 Å². The molecule has 0 N–H and O–H groups in total. The first-order chi connectivity index (χ1) is 22.3. The molecule has 1 heterocycles. The van der Waals surface area contributed by atoms with Gasteiger partial charge < -0.3 is 0 Å². The number of nitrogens with zero attached hydrogens (tertiary/aromatic N) is 3. The van der Waals surface area contributed by atoms with E-state index in [-0.39, 0.29) is 10.8 Å². The van der Waals surface area contributed by atoms with Gasteiger partial charge in [-0.1, -0.05) is 167 Å². The lowest BCUT2D eigenvalue weighted by Crippen LogP contribution is -2.43. The predicted molar refractivity (Wildman–Crippen MR) is 191 cm³/mol. The quantitative estimate of drug-likeness (QED) is 0.204. The predicted octanol–water partition coefficient (Wildman–Crippen LogP) is 10.9. The van der Waals surface area contributed by atoms with Crippen LogP contribution >= 0.6 is 0 Å². The molecule has 6 aromatic carbocycles. The number of hydrogen-bond donors (Lipinski definition) is 0. The van der Waals surface area contributed by atoms with Gasteiger partial charge in [0.05, 0.1) is 0 Å². The van der Waals surface area contributed by atoms with Crippen LogP contribution in [-0.4, -0.2) is 15.0 Å². The minimum atomic E-state index is -0.115. The number of fused-ring (bicyclic) bond motifs is 4. The zero-order valence-corrected chi connectivity index (χ0v) is 26.6. The Kier molecular flexibility index (Phi) is 6.47. The molecule has 0 unspecified atom stereocenters. The minimum absolute atomic E-state index is 0.0605. The van der Waals surface area contributed by atoms with Crippen molar-refractivity contribution in [1.29, 1.82) is 0 Å². The van der Waals surface area contributed by atoms with Gasteiger partial charge >= 0.3 is 0 Å². The average molecular weight is 594 g/mol. The molecule has 0 bridgehead atoms. The van der Waals surface area contributed by atoms with Gasteiger partial charge in [0.15, 0.2) is 17.5 Å². The Labute approximate surface area is 270 Å². The van der Waals surface area contributed by atoms with E-state index in [1.807, 2.05) is 36.4 Å². The van der Waals surface area contributed by atoms with Gasteiger partial charge in [-0.15, -0.1) is 0 Å². The van der Waals surface area contributed by atoms with E-state index in [9.17, 15) is 0 Å². The van der Waals surface area contributed by atoms with Crippen LogP contribution < -0.4 is 0 Å². The second-order valence-corrected chi connectivity index (χ2v) is 13.3. The fourth-order valence-corrected chi connectivity index (χ4v) is 7.26. The number of rotatable bonds is 4. The maximum absolute atomic E-state index is 5.07. The first-order valence-electron chi connectivity index (χ1n) is 16.0. The lowest BCUT2D eigenvalue weighted by molar-refractivity contribution is 0.300. The first kappa shape index (κ1) is 28.1. The number of aromatic nitrogens is 3. The minimum Gasteiger partial charge on any atom is -0.208 e. The smallest absolute Gasteiger partial charge is 0.164 e. The summed E-state index contributed by atoms with van der Waals surface area (Å²) in [4.78, 5) is 15.1. The van der Waals surface area contributed by atoms with Gasteiger partial charge in [0.1, 0.15) is 0 Å². The molecule has 222 valence electrons. The second-order valence-electron chi connectivity index (χ2n) is 13.3. The Morgan fingerprint density at radius 3 is 1.41 bits per heavy atom. The molecule has 0 amide bonds. The molecule has 1 aromatic heterocycles. The molecule has 0 atom stereocenters. The molecule has 8 rings (SSSR count). The van der Waals surface area contributed by atoms with Gasteiger partial charge in [0.2, 0.25) is 0 Å². The molecule has 3 heteroatoms. The molecule has 0 fully saturated rings. The maximum atomic E-state index is 5.07. The van der Waals surface area contributed by atoms with Crippen LogP contribution in [0, 0.1) is 0 Å². The van der Waals surface area contributed by atoms with Crippen LogP contribution in [0.1, 0.15) is 38.8 Å². The Morgan fingerprint density at radius 2 is 0.783 bits per heavy atom. The van der Waals surface area contributed by atoms with Gasteiger partial charge in [0, 0.05) is 22.1 Å². The molecule has 1 aliphatic rings. The summed E-state index contributed by atoms with van der Waals surface area (Å²) in [5.41, 5.74) is 10.7. The van der Waals surface area contributed by atoms with E-state index >= 15 is 0 Å².